The minimum absolute atomic E-state index is 0.0469. The Morgan fingerprint density at radius 2 is 1.83 bits per heavy atom. The Labute approximate surface area is 196 Å². The molecule has 4 aromatic rings. The van der Waals surface area contributed by atoms with Crippen molar-refractivity contribution in [3.63, 3.8) is 0 Å². The molecule has 8 nitrogen and oxygen atoms in total. The van der Waals surface area contributed by atoms with Crippen molar-refractivity contribution in [2.45, 2.75) is 19.6 Å². The summed E-state index contributed by atoms with van der Waals surface area (Å²) in [7, 11) is 3.20. The Balaban J connectivity index is 1.59. The van der Waals surface area contributed by atoms with Crippen molar-refractivity contribution >= 4 is 22.7 Å². The molecule has 0 unspecified atom stereocenters. The Hall–Kier alpha value is -4.22. The van der Waals surface area contributed by atoms with Crippen molar-refractivity contribution < 1.29 is 27.2 Å². The van der Waals surface area contributed by atoms with Crippen molar-refractivity contribution in [3.8, 4) is 11.4 Å². The second-order valence-electron chi connectivity index (χ2n) is 7.83. The number of carbonyl (C=O) groups is 2. The van der Waals surface area contributed by atoms with Gasteiger partial charge in [-0.2, -0.15) is 18.3 Å². The molecule has 0 aliphatic carbocycles. The van der Waals surface area contributed by atoms with Crippen LogP contribution in [0.3, 0.4) is 0 Å². The van der Waals surface area contributed by atoms with Crippen LogP contribution in [0.4, 0.5) is 17.6 Å². The highest BCUT2D eigenvalue weighted by Gasteiger charge is 2.31. The highest BCUT2D eigenvalue weighted by Crippen LogP contribution is 2.30. The Morgan fingerprint density at radius 3 is 2.51 bits per heavy atom. The second-order valence-corrected chi connectivity index (χ2v) is 7.83. The highest BCUT2D eigenvalue weighted by atomic mass is 19.4. The summed E-state index contributed by atoms with van der Waals surface area (Å²) in [4.78, 5) is 29.1. The van der Waals surface area contributed by atoms with Crippen molar-refractivity contribution in [1.29, 1.82) is 0 Å². The number of fused-ring (bicyclic) bond motifs is 1. The zero-order chi connectivity index (χ0) is 25.5. The molecule has 2 aromatic heterocycles. The van der Waals surface area contributed by atoms with E-state index in [9.17, 15) is 27.2 Å². The van der Waals surface area contributed by atoms with E-state index in [1.54, 1.807) is 36.7 Å². The van der Waals surface area contributed by atoms with Gasteiger partial charge in [0.1, 0.15) is 17.3 Å². The van der Waals surface area contributed by atoms with Crippen LogP contribution in [0, 0.1) is 12.7 Å². The average molecular weight is 488 g/mol. The summed E-state index contributed by atoms with van der Waals surface area (Å²) in [6, 6.07) is 7.19. The molecular weight excluding hydrogens is 468 g/mol. The van der Waals surface area contributed by atoms with Gasteiger partial charge < -0.3 is 15.2 Å². The average Bonchev–Trinajstić information content (AvgIpc) is 3.37. The first-order chi connectivity index (χ1) is 16.5. The normalized spacial score (nSPS) is 11.6. The third kappa shape index (κ3) is 4.46. The van der Waals surface area contributed by atoms with E-state index in [-0.39, 0.29) is 22.9 Å². The van der Waals surface area contributed by atoms with Crippen LogP contribution >= 0.6 is 0 Å². The Morgan fingerprint density at radius 1 is 1.09 bits per heavy atom. The molecule has 0 spiro atoms. The lowest BCUT2D eigenvalue weighted by Gasteiger charge is -2.10. The van der Waals surface area contributed by atoms with E-state index in [2.05, 4.69) is 25.8 Å². The van der Waals surface area contributed by atoms with Gasteiger partial charge in [-0.25, -0.2) is 9.37 Å². The molecule has 2 heterocycles. The Bertz CT molecular complexity index is 1450. The zero-order valence-corrected chi connectivity index (χ0v) is 18.8. The highest BCUT2D eigenvalue weighted by molar-refractivity contribution is 6.05. The summed E-state index contributed by atoms with van der Waals surface area (Å²) >= 11 is 0. The quantitative estimate of drug-likeness (QED) is 0.373. The number of nitrogens with one attached hydrogen (secondary N) is 3. The van der Waals surface area contributed by atoms with Gasteiger partial charge in [-0.1, -0.05) is 6.07 Å². The van der Waals surface area contributed by atoms with Gasteiger partial charge in [-0.15, -0.1) is 0 Å². The summed E-state index contributed by atoms with van der Waals surface area (Å²) in [5, 5.41) is 12.4. The lowest BCUT2D eigenvalue weighted by molar-refractivity contribution is -0.137. The van der Waals surface area contributed by atoms with Gasteiger partial charge in [0, 0.05) is 42.8 Å². The molecule has 0 saturated heterocycles. The smallest absolute Gasteiger partial charge is 0.354 e. The number of hydrogen-bond acceptors (Lipinski definition) is 4. The summed E-state index contributed by atoms with van der Waals surface area (Å²) in [5.74, 6) is -1.42. The molecule has 0 radical (unpaired) electrons. The zero-order valence-electron chi connectivity index (χ0n) is 18.8. The van der Waals surface area contributed by atoms with E-state index < -0.39 is 30.0 Å². The fraction of sp³-hybridized carbons (Fsp3) is 0.217. The standard InChI is InChI=1S/C23H20F4N6O2/c1-11-18(22(35)29-10-13-8-14(23(25,26)27)5-7-16(13)24)30-20(33(11)3)12-4-6-15-17(9-12)31-32-19(15)21(34)28-2/h4-9H,10H2,1-3H3,(H,28,34)(H,29,35)(H,31,32). The number of rotatable bonds is 5. The van der Waals surface area contributed by atoms with Gasteiger partial charge in [-0.3, -0.25) is 14.7 Å². The largest absolute Gasteiger partial charge is 0.416 e. The predicted molar refractivity (Wildman–Crippen MR) is 119 cm³/mol. The molecule has 0 aliphatic rings. The molecule has 12 heteroatoms. The molecule has 0 bridgehead atoms. The number of aromatic amines is 1. The first kappa shape index (κ1) is 23.9. The van der Waals surface area contributed by atoms with Crippen LogP contribution in [0.5, 0.6) is 0 Å². The van der Waals surface area contributed by atoms with Crippen LogP contribution < -0.4 is 10.6 Å². The summed E-state index contributed by atoms with van der Waals surface area (Å²) in [6.07, 6.45) is -4.63. The van der Waals surface area contributed by atoms with E-state index in [0.717, 1.165) is 6.07 Å². The van der Waals surface area contributed by atoms with Gasteiger partial charge >= 0.3 is 6.18 Å². The van der Waals surface area contributed by atoms with Crippen molar-refractivity contribution in [3.05, 3.63) is 70.4 Å². The Kier molecular flexibility index (Phi) is 6.05. The number of H-pyrrole nitrogens is 1. The maximum Gasteiger partial charge on any atom is 0.416 e. The summed E-state index contributed by atoms with van der Waals surface area (Å²) < 4.78 is 54.5. The van der Waals surface area contributed by atoms with Gasteiger partial charge in [0.2, 0.25) is 0 Å². The maximum atomic E-state index is 14.0. The van der Waals surface area contributed by atoms with Crippen molar-refractivity contribution in [1.82, 2.24) is 30.4 Å². The third-order valence-corrected chi connectivity index (χ3v) is 5.67. The van der Waals surface area contributed by atoms with E-state index in [4.69, 9.17) is 0 Å². The minimum atomic E-state index is -4.63. The summed E-state index contributed by atoms with van der Waals surface area (Å²) in [6.45, 7) is 1.22. The van der Waals surface area contributed by atoms with Crippen molar-refractivity contribution in [2.75, 3.05) is 7.05 Å². The molecule has 3 N–H and O–H groups in total. The maximum absolute atomic E-state index is 14.0. The van der Waals surface area contributed by atoms with Crippen LogP contribution in [-0.4, -0.2) is 38.6 Å². The van der Waals surface area contributed by atoms with Crippen LogP contribution in [-0.2, 0) is 19.8 Å². The van der Waals surface area contributed by atoms with Gasteiger partial charge in [0.05, 0.1) is 11.1 Å². The van der Waals surface area contributed by atoms with Gasteiger partial charge in [0.15, 0.2) is 5.69 Å². The van der Waals surface area contributed by atoms with Crippen molar-refractivity contribution in [2.24, 2.45) is 7.05 Å². The molecule has 2 amide bonds. The number of nitrogens with zero attached hydrogens (tertiary/aromatic N) is 3. The monoisotopic (exact) mass is 488 g/mol. The fourth-order valence-corrected chi connectivity index (χ4v) is 3.65. The number of alkyl halides is 3. The number of carbonyl (C=O) groups excluding carboxylic acids is 2. The number of hydrogen-bond donors (Lipinski definition) is 3. The number of benzene rings is 2. The van der Waals surface area contributed by atoms with Crippen LogP contribution in [0.2, 0.25) is 0 Å². The molecule has 0 fully saturated rings. The van der Waals surface area contributed by atoms with E-state index in [1.165, 1.54) is 7.05 Å². The first-order valence-corrected chi connectivity index (χ1v) is 10.4. The lowest BCUT2D eigenvalue weighted by atomic mass is 10.1. The molecule has 0 saturated carbocycles. The van der Waals surface area contributed by atoms with Crippen LogP contribution in [0.25, 0.3) is 22.3 Å². The van der Waals surface area contributed by atoms with Gasteiger partial charge in [-0.05, 0) is 37.3 Å². The van der Waals surface area contributed by atoms with E-state index >= 15 is 0 Å². The molecule has 0 atom stereocenters. The first-order valence-electron chi connectivity index (χ1n) is 10.4. The summed E-state index contributed by atoms with van der Waals surface area (Å²) in [5.41, 5.74) is 0.716. The van der Waals surface area contributed by atoms with E-state index in [0.29, 0.717) is 40.1 Å². The number of halogens is 4. The van der Waals surface area contributed by atoms with E-state index in [1.807, 2.05) is 0 Å². The number of imidazole rings is 1. The molecule has 182 valence electrons. The fourth-order valence-electron chi connectivity index (χ4n) is 3.65. The molecule has 0 aliphatic heterocycles. The third-order valence-electron chi connectivity index (χ3n) is 5.67. The van der Waals surface area contributed by atoms with Crippen LogP contribution in [0.1, 0.15) is 37.8 Å². The molecule has 35 heavy (non-hydrogen) atoms. The van der Waals surface area contributed by atoms with Gasteiger partial charge in [0.25, 0.3) is 11.8 Å². The SMILES string of the molecule is CNC(=O)c1n[nH]c2cc(-c3nc(C(=O)NCc4cc(C(F)(F)F)ccc4F)c(C)n3C)ccc12. The van der Waals surface area contributed by atoms with Crippen LogP contribution in [0.15, 0.2) is 36.4 Å². The number of amides is 2. The lowest BCUT2D eigenvalue weighted by Crippen LogP contribution is -2.25. The predicted octanol–water partition coefficient (Wildman–Crippen LogP) is 3.72. The molecular formula is C23H20F4N6O2. The topological polar surface area (TPSA) is 105 Å². The molecule has 4 rings (SSSR count). The minimum Gasteiger partial charge on any atom is -0.354 e. The molecule has 2 aromatic carbocycles. The number of aromatic nitrogens is 4. The second kappa shape index (κ2) is 8.85.